The Morgan fingerprint density at radius 3 is 2.13 bits per heavy atom. The van der Waals surface area contributed by atoms with Crippen molar-refractivity contribution in [3.63, 3.8) is 0 Å². The van der Waals surface area contributed by atoms with Crippen molar-refractivity contribution in [2.75, 3.05) is 27.9 Å². The molecule has 0 fully saturated rings. The molecular formula is C23H29NO6. The molecule has 1 atom stereocenters. The molecular weight excluding hydrogens is 386 g/mol. The van der Waals surface area contributed by atoms with Gasteiger partial charge in [-0.25, -0.2) is 9.59 Å². The van der Waals surface area contributed by atoms with E-state index in [9.17, 15) is 9.59 Å². The van der Waals surface area contributed by atoms with Crippen LogP contribution in [0.2, 0.25) is 0 Å². The lowest BCUT2D eigenvalue weighted by Gasteiger charge is -2.17. The average molecular weight is 415 g/mol. The maximum Gasteiger partial charge on any atom is 0.407 e. The van der Waals surface area contributed by atoms with Gasteiger partial charge in [-0.3, -0.25) is 0 Å². The molecule has 0 saturated heterocycles. The summed E-state index contributed by atoms with van der Waals surface area (Å²) in [7, 11) is 4.51. The van der Waals surface area contributed by atoms with Crippen molar-refractivity contribution in [2.24, 2.45) is 0 Å². The minimum Gasteiger partial charge on any atom is -0.496 e. The van der Waals surface area contributed by atoms with Crippen LogP contribution in [0.1, 0.15) is 25.3 Å². The van der Waals surface area contributed by atoms with E-state index in [1.807, 2.05) is 49.4 Å². The summed E-state index contributed by atoms with van der Waals surface area (Å²) in [6.07, 6.45) is 1.33. The minimum atomic E-state index is -0.837. The van der Waals surface area contributed by atoms with Gasteiger partial charge in [0.25, 0.3) is 0 Å². The predicted octanol–water partition coefficient (Wildman–Crippen LogP) is 3.98. The standard InChI is InChI=1S/C23H29NO6/c1-5-6-14-30-23(26)24-18(22(25)29-4)15-16-10-12-17(13-11-16)21-19(27-2)8-7-9-20(21)28-3/h7-13,18H,5-6,14-15H2,1-4H3,(H,24,26)/t18-/m0/s1. The maximum absolute atomic E-state index is 12.1. The number of rotatable bonds is 10. The Kier molecular flexibility index (Phi) is 9.00. The van der Waals surface area contributed by atoms with Crippen molar-refractivity contribution >= 4 is 12.1 Å². The number of hydrogen-bond donors (Lipinski definition) is 1. The Hall–Kier alpha value is -3.22. The highest BCUT2D eigenvalue weighted by Gasteiger charge is 2.23. The third-order valence-electron chi connectivity index (χ3n) is 4.62. The molecule has 0 saturated carbocycles. The number of alkyl carbamates (subject to hydrolysis) is 1. The lowest BCUT2D eigenvalue weighted by Crippen LogP contribution is -2.43. The van der Waals surface area contributed by atoms with Gasteiger partial charge >= 0.3 is 12.1 Å². The number of ether oxygens (including phenoxy) is 4. The van der Waals surface area contributed by atoms with Gasteiger partial charge in [-0.1, -0.05) is 43.7 Å². The Morgan fingerprint density at radius 2 is 1.60 bits per heavy atom. The van der Waals surface area contributed by atoms with Crippen LogP contribution in [0, 0.1) is 0 Å². The van der Waals surface area contributed by atoms with Crippen LogP contribution >= 0.6 is 0 Å². The highest BCUT2D eigenvalue weighted by Crippen LogP contribution is 2.38. The lowest BCUT2D eigenvalue weighted by molar-refractivity contribution is -0.142. The van der Waals surface area contributed by atoms with E-state index in [0.717, 1.165) is 29.5 Å². The number of nitrogens with one attached hydrogen (secondary N) is 1. The number of carbonyl (C=O) groups excluding carboxylic acids is 2. The fourth-order valence-corrected chi connectivity index (χ4v) is 3.01. The SMILES string of the molecule is CCCCOC(=O)N[C@@H](Cc1ccc(-c2c(OC)cccc2OC)cc1)C(=O)OC. The smallest absolute Gasteiger partial charge is 0.407 e. The van der Waals surface area contributed by atoms with Crippen LogP contribution < -0.4 is 14.8 Å². The molecule has 1 N–H and O–H groups in total. The fourth-order valence-electron chi connectivity index (χ4n) is 3.01. The van der Waals surface area contributed by atoms with Crippen molar-refractivity contribution in [1.82, 2.24) is 5.32 Å². The van der Waals surface area contributed by atoms with Crippen LogP contribution in [0.15, 0.2) is 42.5 Å². The minimum absolute atomic E-state index is 0.277. The highest BCUT2D eigenvalue weighted by atomic mass is 16.6. The zero-order valence-electron chi connectivity index (χ0n) is 17.9. The first-order valence-electron chi connectivity index (χ1n) is 9.85. The second-order valence-electron chi connectivity index (χ2n) is 6.65. The van der Waals surface area contributed by atoms with E-state index in [-0.39, 0.29) is 6.42 Å². The molecule has 2 aromatic carbocycles. The topological polar surface area (TPSA) is 83.1 Å². The maximum atomic E-state index is 12.1. The molecule has 0 aliphatic rings. The first-order valence-corrected chi connectivity index (χ1v) is 9.85. The number of esters is 1. The van der Waals surface area contributed by atoms with Gasteiger partial charge in [0, 0.05) is 6.42 Å². The van der Waals surface area contributed by atoms with Gasteiger partial charge in [0.15, 0.2) is 0 Å². The second-order valence-corrected chi connectivity index (χ2v) is 6.65. The second kappa shape index (κ2) is 11.7. The molecule has 0 aromatic heterocycles. The number of hydrogen-bond acceptors (Lipinski definition) is 6. The van der Waals surface area contributed by atoms with E-state index in [1.54, 1.807) is 14.2 Å². The summed E-state index contributed by atoms with van der Waals surface area (Å²) in [5.74, 6) is 0.870. The van der Waals surface area contributed by atoms with Gasteiger partial charge in [-0.2, -0.15) is 0 Å². The first-order chi connectivity index (χ1) is 14.5. The average Bonchev–Trinajstić information content (AvgIpc) is 2.78. The Bertz CT molecular complexity index is 812. The van der Waals surface area contributed by atoms with Crippen LogP contribution in [0.25, 0.3) is 11.1 Å². The molecule has 0 heterocycles. The van der Waals surface area contributed by atoms with Gasteiger partial charge in [-0.05, 0) is 29.7 Å². The molecule has 30 heavy (non-hydrogen) atoms. The summed E-state index contributed by atoms with van der Waals surface area (Å²) in [5, 5.41) is 2.58. The number of amides is 1. The van der Waals surface area contributed by atoms with E-state index in [2.05, 4.69) is 5.32 Å². The van der Waals surface area contributed by atoms with Crippen LogP contribution in [0.3, 0.4) is 0 Å². The van der Waals surface area contributed by atoms with Crippen molar-refractivity contribution in [3.8, 4) is 22.6 Å². The normalized spacial score (nSPS) is 11.3. The van der Waals surface area contributed by atoms with Crippen molar-refractivity contribution < 1.29 is 28.5 Å². The summed E-state index contributed by atoms with van der Waals surface area (Å²) >= 11 is 0. The van der Waals surface area contributed by atoms with E-state index in [4.69, 9.17) is 18.9 Å². The quantitative estimate of drug-likeness (QED) is 0.467. The zero-order valence-corrected chi connectivity index (χ0v) is 17.9. The largest absolute Gasteiger partial charge is 0.496 e. The number of benzene rings is 2. The molecule has 0 bridgehead atoms. The van der Waals surface area contributed by atoms with Crippen molar-refractivity contribution in [3.05, 3.63) is 48.0 Å². The van der Waals surface area contributed by atoms with Gasteiger partial charge in [-0.15, -0.1) is 0 Å². The van der Waals surface area contributed by atoms with E-state index in [0.29, 0.717) is 18.1 Å². The Balaban J connectivity index is 2.16. The highest BCUT2D eigenvalue weighted by molar-refractivity contribution is 5.82. The van der Waals surface area contributed by atoms with Crippen LogP contribution in [0.4, 0.5) is 4.79 Å². The number of methoxy groups -OCH3 is 3. The van der Waals surface area contributed by atoms with E-state index in [1.165, 1.54) is 7.11 Å². The monoisotopic (exact) mass is 415 g/mol. The third kappa shape index (κ3) is 6.14. The van der Waals surface area contributed by atoms with Crippen LogP contribution in [-0.2, 0) is 20.7 Å². The molecule has 0 spiro atoms. The van der Waals surface area contributed by atoms with Gasteiger partial charge in [0.1, 0.15) is 17.5 Å². The summed E-state index contributed by atoms with van der Waals surface area (Å²) in [4.78, 5) is 24.1. The Morgan fingerprint density at radius 1 is 0.967 bits per heavy atom. The molecule has 0 radical (unpaired) electrons. The Labute approximate surface area is 177 Å². The molecule has 2 rings (SSSR count). The van der Waals surface area contributed by atoms with Gasteiger partial charge in [0.2, 0.25) is 0 Å². The molecule has 0 unspecified atom stereocenters. The molecule has 0 aliphatic heterocycles. The third-order valence-corrected chi connectivity index (χ3v) is 4.62. The molecule has 7 heteroatoms. The first kappa shape index (κ1) is 23.1. The van der Waals surface area contributed by atoms with Gasteiger partial charge in [0.05, 0.1) is 33.5 Å². The van der Waals surface area contributed by atoms with Crippen molar-refractivity contribution in [1.29, 1.82) is 0 Å². The molecule has 2 aromatic rings. The summed E-state index contributed by atoms with van der Waals surface area (Å²) < 4.78 is 20.8. The fraction of sp³-hybridized carbons (Fsp3) is 0.391. The molecule has 162 valence electrons. The number of carbonyl (C=O) groups is 2. The lowest BCUT2D eigenvalue weighted by atomic mass is 9.99. The number of unbranched alkanes of at least 4 members (excludes halogenated alkanes) is 1. The van der Waals surface area contributed by atoms with Gasteiger partial charge < -0.3 is 24.3 Å². The van der Waals surface area contributed by atoms with E-state index >= 15 is 0 Å². The molecule has 7 nitrogen and oxygen atoms in total. The zero-order chi connectivity index (χ0) is 21.9. The summed E-state index contributed by atoms with van der Waals surface area (Å²) in [5.41, 5.74) is 2.61. The van der Waals surface area contributed by atoms with E-state index < -0.39 is 18.1 Å². The molecule has 1 amide bonds. The molecule has 0 aliphatic carbocycles. The van der Waals surface area contributed by atoms with Crippen LogP contribution in [0.5, 0.6) is 11.5 Å². The van der Waals surface area contributed by atoms with Crippen molar-refractivity contribution in [2.45, 2.75) is 32.2 Å². The van der Waals surface area contributed by atoms with Crippen LogP contribution in [-0.4, -0.2) is 46.0 Å². The predicted molar refractivity (Wildman–Crippen MR) is 114 cm³/mol. The summed E-state index contributed by atoms with van der Waals surface area (Å²) in [6.45, 7) is 2.31. The summed E-state index contributed by atoms with van der Waals surface area (Å²) in [6, 6.07) is 12.4.